The number of piperidine rings is 1. The lowest BCUT2D eigenvalue weighted by atomic mass is 9.96. The Labute approximate surface area is 146 Å². The van der Waals surface area contributed by atoms with Crippen LogP contribution < -0.4 is 15.0 Å². The summed E-state index contributed by atoms with van der Waals surface area (Å²) in [5, 5.41) is 2.92. The van der Waals surface area contributed by atoms with Gasteiger partial charge in [0.15, 0.2) is 6.61 Å². The van der Waals surface area contributed by atoms with E-state index in [1.54, 1.807) is 6.20 Å². The highest BCUT2D eigenvalue weighted by Gasteiger charge is 2.20. The molecule has 1 saturated heterocycles. The van der Waals surface area contributed by atoms with Crippen LogP contribution in [0.2, 0.25) is 0 Å². The Kier molecular flexibility index (Phi) is 5.82. The summed E-state index contributed by atoms with van der Waals surface area (Å²) >= 11 is 0. The van der Waals surface area contributed by atoms with Gasteiger partial charge in [-0.1, -0.05) is 0 Å². The van der Waals surface area contributed by atoms with Gasteiger partial charge in [-0.3, -0.25) is 9.78 Å². The predicted molar refractivity (Wildman–Crippen MR) is 94.1 cm³/mol. The quantitative estimate of drug-likeness (QED) is 0.876. The zero-order chi connectivity index (χ0) is 17.5. The molecule has 2 heterocycles. The number of benzene rings is 1. The van der Waals surface area contributed by atoms with Crippen LogP contribution in [-0.2, 0) is 4.79 Å². The first-order valence-electron chi connectivity index (χ1n) is 8.51. The molecule has 3 rings (SSSR count). The topological polar surface area (TPSA) is 54.5 Å². The smallest absolute Gasteiger partial charge is 0.257 e. The average molecular weight is 343 g/mol. The van der Waals surface area contributed by atoms with Gasteiger partial charge >= 0.3 is 0 Å². The highest BCUT2D eigenvalue weighted by molar-refractivity contribution is 5.77. The summed E-state index contributed by atoms with van der Waals surface area (Å²) in [6, 6.07) is 9.66. The second-order valence-corrected chi connectivity index (χ2v) is 6.19. The average Bonchev–Trinajstić information content (AvgIpc) is 2.67. The Morgan fingerprint density at radius 3 is 2.68 bits per heavy atom. The Balaban J connectivity index is 1.35. The van der Waals surface area contributed by atoms with Crippen molar-refractivity contribution in [1.29, 1.82) is 0 Å². The maximum atomic E-state index is 12.8. The molecule has 132 valence electrons. The second kappa shape index (κ2) is 8.46. The van der Waals surface area contributed by atoms with Gasteiger partial charge in [0.2, 0.25) is 0 Å². The first kappa shape index (κ1) is 17.2. The molecule has 6 heteroatoms. The van der Waals surface area contributed by atoms with Crippen molar-refractivity contribution < 1.29 is 13.9 Å². The van der Waals surface area contributed by atoms with E-state index in [4.69, 9.17) is 4.74 Å². The van der Waals surface area contributed by atoms with Crippen molar-refractivity contribution in [3.63, 3.8) is 0 Å². The minimum absolute atomic E-state index is 0.0554. The van der Waals surface area contributed by atoms with Crippen LogP contribution in [0.15, 0.2) is 48.8 Å². The number of nitrogens with one attached hydrogen (secondary N) is 1. The molecular weight excluding hydrogens is 321 g/mol. The highest BCUT2D eigenvalue weighted by atomic mass is 19.1. The molecule has 0 radical (unpaired) electrons. The van der Waals surface area contributed by atoms with Crippen LogP contribution in [0, 0.1) is 11.7 Å². The number of halogens is 1. The maximum absolute atomic E-state index is 12.8. The van der Waals surface area contributed by atoms with E-state index < -0.39 is 0 Å². The third-order valence-electron chi connectivity index (χ3n) is 4.40. The summed E-state index contributed by atoms with van der Waals surface area (Å²) in [7, 11) is 0. The lowest BCUT2D eigenvalue weighted by molar-refractivity contribution is -0.123. The largest absolute Gasteiger partial charge is 0.484 e. The molecule has 1 amide bonds. The predicted octanol–water partition coefficient (Wildman–Crippen LogP) is 2.63. The third kappa shape index (κ3) is 5.17. The van der Waals surface area contributed by atoms with E-state index in [1.807, 2.05) is 12.3 Å². The lowest BCUT2D eigenvalue weighted by Crippen LogP contribution is -2.39. The van der Waals surface area contributed by atoms with Crippen LogP contribution in [0.5, 0.6) is 5.75 Å². The number of amides is 1. The summed E-state index contributed by atoms with van der Waals surface area (Å²) in [5.74, 6) is 0.484. The number of rotatable bonds is 6. The number of pyridine rings is 1. The number of nitrogens with zero attached hydrogens (tertiary/aromatic N) is 2. The molecule has 1 fully saturated rings. The van der Waals surface area contributed by atoms with Crippen molar-refractivity contribution >= 4 is 11.6 Å². The zero-order valence-electron chi connectivity index (χ0n) is 14.0. The van der Waals surface area contributed by atoms with Crippen LogP contribution in [0.25, 0.3) is 0 Å². The normalized spacial score (nSPS) is 15.0. The summed E-state index contributed by atoms with van der Waals surface area (Å²) in [5.41, 5.74) is 1.15. The first-order valence-corrected chi connectivity index (χ1v) is 8.51. The van der Waals surface area contributed by atoms with Gasteiger partial charge in [-0.05, 0) is 55.2 Å². The van der Waals surface area contributed by atoms with E-state index in [0.717, 1.165) is 31.6 Å². The second-order valence-electron chi connectivity index (χ2n) is 6.19. The summed E-state index contributed by atoms with van der Waals surface area (Å²) in [6.45, 7) is 2.54. The molecule has 0 saturated carbocycles. The van der Waals surface area contributed by atoms with Gasteiger partial charge in [0.1, 0.15) is 11.6 Å². The van der Waals surface area contributed by atoms with E-state index >= 15 is 0 Å². The van der Waals surface area contributed by atoms with Gasteiger partial charge < -0.3 is 15.0 Å². The van der Waals surface area contributed by atoms with E-state index in [0.29, 0.717) is 18.2 Å². The molecule has 25 heavy (non-hydrogen) atoms. The molecule has 0 bridgehead atoms. The molecule has 1 aliphatic heterocycles. The monoisotopic (exact) mass is 343 g/mol. The third-order valence-corrected chi connectivity index (χ3v) is 4.40. The van der Waals surface area contributed by atoms with E-state index in [9.17, 15) is 9.18 Å². The van der Waals surface area contributed by atoms with Crippen molar-refractivity contribution in [3.8, 4) is 5.75 Å². The molecule has 0 unspecified atom stereocenters. The lowest BCUT2D eigenvalue weighted by Gasteiger charge is -2.33. The maximum Gasteiger partial charge on any atom is 0.257 e. The molecule has 2 aromatic rings. The number of carbonyl (C=O) groups is 1. The number of carbonyl (C=O) groups excluding carboxylic acids is 1. The number of hydrogen-bond acceptors (Lipinski definition) is 4. The van der Waals surface area contributed by atoms with Crippen molar-refractivity contribution in [3.05, 3.63) is 54.6 Å². The Morgan fingerprint density at radius 1 is 1.24 bits per heavy atom. The zero-order valence-corrected chi connectivity index (χ0v) is 14.0. The Morgan fingerprint density at radius 2 is 2.00 bits per heavy atom. The van der Waals surface area contributed by atoms with Crippen LogP contribution in [0.1, 0.15) is 12.8 Å². The summed E-state index contributed by atoms with van der Waals surface area (Å²) in [4.78, 5) is 18.4. The molecular formula is C19H22FN3O2. The molecule has 1 aliphatic rings. The van der Waals surface area contributed by atoms with Gasteiger partial charge in [-0.25, -0.2) is 4.39 Å². The number of anilines is 1. The Hall–Kier alpha value is -2.63. The fourth-order valence-electron chi connectivity index (χ4n) is 2.92. The fourth-order valence-corrected chi connectivity index (χ4v) is 2.92. The molecule has 0 atom stereocenters. The van der Waals surface area contributed by atoms with Gasteiger partial charge in [0, 0.05) is 25.8 Å². The molecule has 0 spiro atoms. The Bertz CT molecular complexity index is 671. The molecule has 1 aromatic carbocycles. The minimum atomic E-state index is -0.325. The number of aromatic nitrogens is 1. The van der Waals surface area contributed by atoms with E-state index in [-0.39, 0.29) is 18.3 Å². The summed E-state index contributed by atoms with van der Waals surface area (Å²) < 4.78 is 18.2. The number of ether oxygens (including phenoxy) is 1. The fraction of sp³-hybridized carbons (Fsp3) is 0.368. The van der Waals surface area contributed by atoms with Gasteiger partial charge in [0.05, 0.1) is 11.9 Å². The van der Waals surface area contributed by atoms with Crippen molar-refractivity contribution in [1.82, 2.24) is 10.3 Å². The van der Waals surface area contributed by atoms with Gasteiger partial charge in [-0.2, -0.15) is 0 Å². The van der Waals surface area contributed by atoms with Crippen molar-refractivity contribution in [2.45, 2.75) is 12.8 Å². The molecule has 0 aliphatic carbocycles. The number of hydrogen-bond donors (Lipinski definition) is 1. The highest BCUT2D eigenvalue weighted by Crippen LogP contribution is 2.21. The molecule has 1 aromatic heterocycles. The van der Waals surface area contributed by atoms with Crippen LogP contribution >= 0.6 is 0 Å². The van der Waals surface area contributed by atoms with Crippen LogP contribution in [0.4, 0.5) is 10.1 Å². The standard InChI is InChI=1S/C19H22FN3O2/c20-16-3-5-18(6-4-16)25-14-19(24)22-12-15-7-10-23(11-8-15)17-2-1-9-21-13-17/h1-6,9,13,15H,7-8,10-12,14H2,(H,22,24). The SMILES string of the molecule is O=C(COc1ccc(F)cc1)NCC1CCN(c2cccnc2)CC1. The van der Waals surface area contributed by atoms with Gasteiger partial charge in [-0.15, -0.1) is 0 Å². The summed E-state index contributed by atoms with van der Waals surface area (Å²) in [6.07, 6.45) is 5.73. The van der Waals surface area contributed by atoms with Crippen molar-refractivity contribution in [2.75, 3.05) is 31.1 Å². The van der Waals surface area contributed by atoms with E-state index in [2.05, 4.69) is 21.3 Å². The molecule has 5 nitrogen and oxygen atoms in total. The first-order chi connectivity index (χ1) is 12.2. The van der Waals surface area contributed by atoms with Crippen LogP contribution in [0.3, 0.4) is 0 Å². The van der Waals surface area contributed by atoms with E-state index in [1.165, 1.54) is 24.3 Å². The van der Waals surface area contributed by atoms with Crippen LogP contribution in [-0.4, -0.2) is 37.1 Å². The van der Waals surface area contributed by atoms with Gasteiger partial charge in [0.25, 0.3) is 5.91 Å². The molecule has 1 N–H and O–H groups in total. The van der Waals surface area contributed by atoms with Crippen molar-refractivity contribution in [2.24, 2.45) is 5.92 Å². The minimum Gasteiger partial charge on any atom is -0.484 e.